The molecular weight excluding hydrogens is 158 g/mol. The number of hydrogen-bond acceptors (Lipinski definition) is 3. The maximum Gasteiger partial charge on any atom is 0.315 e. The largest absolute Gasteiger partial charge is 0.481 e. The van der Waals surface area contributed by atoms with E-state index in [0.29, 0.717) is 0 Å². The average molecular weight is 171 g/mol. The van der Waals surface area contributed by atoms with Crippen molar-refractivity contribution in [3.63, 3.8) is 0 Å². The van der Waals surface area contributed by atoms with Crippen molar-refractivity contribution < 1.29 is 14.7 Å². The van der Waals surface area contributed by atoms with Crippen molar-refractivity contribution in [1.82, 2.24) is 4.90 Å². The Morgan fingerprint density at radius 3 is 2.33 bits per heavy atom. The molecule has 0 aromatic rings. The number of rotatable bonds is 1. The first-order chi connectivity index (χ1) is 5.37. The standard InChI is InChI=1S/C8H13NO3/c1-8(2)6(7(11)12)5(10)4-9(8)3/h6H,4H2,1-3H3,(H,11,12)/t6-/m0/s1. The van der Waals surface area contributed by atoms with E-state index in [0.717, 1.165) is 0 Å². The van der Waals surface area contributed by atoms with Crippen molar-refractivity contribution in [2.75, 3.05) is 13.6 Å². The van der Waals surface area contributed by atoms with Crippen molar-refractivity contribution in [3.05, 3.63) is 0 Å². The van der Waals surface area contributed by atoms with E-state index >= 15 is 0 Å². The van der Waals surface area contributed by atoms with E-state index in [-0.39, 0.29) is 12.3 Å². The highest BCUT2D eigenvalue weighted by Gasteiger charge is 2.49. The zero-order valence-electron chi connectivity index (χ0n) is 7.50. The molecule has 0 aliphatic carbocycles. The average Bonchev–Trinajstić information content (AvgIpc) is 2.02. The molecule has 4 heteroatoms. The van der Waals surface area contributed by atoms with Gasteiger partial charge < -0.3 is 5.11 Å². The second-order valence-electron chi connectivity index (χ2n) is 3.75. The van der Waals surface area contributed by atoms with Gasteiger partial charge in [0.15, 0.2) is 5.78 Å². The van der Waals surface area contributed by atoms with Gasteiger partial charge in [0.05, 0.1) is 6.54 Å². The number of carbonyl (C=O) groups is 2. The van der Waals surface area contributed by atoms with Gasteiger partial charge in [0.2, 0.25) is 0 Å². The van der Waals surface area contributed by atoms with Gasteiger partial charge in [0, 0.05) is 5.54 Å². The zero-order valence-corrected chi connectivity index (χ0v) is 7.50. The van der Waals surface area contributed by atoms with E-state index in [1.165, 1.54) is 0 Å². The summed E-state index contributed by atoms with van der Waals surface area (Å²) >= 11 is 0. The summed E-state index contributed by atoms with van der Waals surface area (Å²) in [5, 5.41) is 8.79. The first-order valence-corrected chi connectivity index (χ1v) is 3.84. The number of ketones is 1. The normalized spacial score (nSPS) is 29.2. The lowest BCUT2D eigenvalue weighted by molar-refractivity contribution is -0.147. The lowest BCUT2D eigenvalue weighted by Gasteiger charge is -2.29. The van der Waals surface area contributed by atoms with Crippen LogP contribution in [0.1, 0.15) is 13.8 Å². The van der Waals surface area contributed by atoms with E-state index in [1.807, 2.05) is 0 Å². The Hall–Kier alpha value is -0.900. The van der Waals surface area contributed by atoms with E-state index < -0.39 is 17.4 Å². The van der Waals surface area contributed by atoms with Gasteiger partial charge in [0.25, 0.3) is 0 Å². The summed E-state index contributed by atoms with van der Waals surface area (Å²) in [7, 11) is 1.76. The van der Waals surface area contributed by atoms with Crippen molar-refractivity contribution in [2.45, 2.75) is 19.4 Å². The maximum atomic E-state index is 11.2. The van der Waals surface area contributed by atoms with E-state index in [1.54, 1.807) is 25.8 Å². The molecule has 0 spiro atoms. The van der Waals surface area contributed by atoms with Gasteiger partial charge >= 0.3 is 5.97 Å². The number of hydrogen-bond donors (Lipinski definition) is 1. The number of carboxylic acid groups (broad SMARTS) is 1. The fraction of sp³-hybridized carbons (Fsp3) is 0.750. The molecule has 1 N–H and O–H groups in total. The molecule has 1 aliphatic rings. The SMILES string of the molecule is CN1CC(=O)[C@@H](C(=O)O)C1(C)C. The molecule has 1 saturated heterocycles. The summed E-state index contributed by atoms with van der Waals surface area (Å²) in [6.07, 6.45) is 0. The minimum atomic E-state index is -1.02. The third-order valence-electron chi connectivity index (χ3n) is 2.65. The molecule has 0 aromatic carbocycles. The topological polar surface area (TPSA) is 57.6 Å². The summed E-state index contributed by atoms with van der Waals surface area (Å²) in [5.74, 6) is -2.09. The Bertz CT molecular complexity index is 234. The number of likely N-dealkylation sites (N-methyl/N-ethyl adjacent to an activating group) is 1. The first kappa shape index (κ1) is 9.19. The summed E-state index contributed by atoms with van der Waals surface area (Å²) in [6.45, 7) is 3.79. The Balaban J connectivity index is 2.99. The summed E-state index contributed by atoms with van der Waals surface area (Å²) < 4.78 is 0. The predicted molar refractivity (Wildman–Crippen MR) is 42.8 cm³/mol. The number of carbonyl (C=O) groups excluding carboxylic acids is 1. The molecule has 1 heterocycles. The van der Waals surface area contributed by atoms with Crippen LogP contribution in [-0.2, 0) is 9.59 Å². The van der Waals surface area contributed by atoms with E-state index in [4.69, 9.17) is 5.11 Å². The van der Waals surface area contributed by atoms with Crippen LogP contribution in [0.5, 0.6) is 0 Å². The number of carboxylic acids is 1. The molecular formula is C8H13NO3. The van der Waals surface area contributed by atoms with E-state index in [9.17, 15) is 9.59 Å². The van der Waals surface area contributed by atoms with Gasteiger partial charge in [-0.2, -0.15) is 0 Å². The van der Waals surface area contributed by atoms with Crippen LogP contribution in [0.25, 0.3) is 0 Å². The molecule has 4 nitrogen and oxygen atoms in total. The highest BCUT2D eigenvalue weighted by molar-refractivity contribution is 6.02. The molecule has 0 saturated carbocycles. The molecule has 68 valence electrons. The Labute approximate surface area is 71.2 Å². The lowest BCUT2D eigenvalue weighted by Crippen LogP contribution is -2.43. The molecule has 0 radical (unpaired) electrons. The van der Waals surface area contributed by atoms with Crippen LogP contribution in [0.2, 0.25) is 0 Å². The van der Waals surface area contributed by atoms with Crippen molar-refractivity contribution in [1.29, 1.82) is 0 Å². The zero-order chi connectivity index (χ0) is 9.52. The van der Waals surface area contributed by atoms with Gasteiger partial charge in [-0.15, -0.1) is 0 Å². The van der Waals surface area contributed by atoms with Crippen LogP contribution in [0, 0.1) is 5.92 Å². The molecule has 1 aliphatic heterocycles. The molecule has 1 rings (SSSR count). The van der Waals surface area contributed by atoms with Crippen LogP contribution in [0.15, 0.2) is 0 Å². The third-order valence-corrected chi connectivity index (χ3v) is 2.65. The molecule has 12 heavy (non-hydrogen) atoms. The van der Waals surface area contributed by atoms with Crippen LogP contribution < -0.4 is 0 Å². The smallest absolute Gasteiger partial charge is 0.315 e. The Morgan fingerprint density at radius 2 is 2.17 bits per heavy atom. The van der Waals surface area contributed by atoms with Crippen molar-refractivity contribution in [2.24, 2.45) is 5.92 Å². The number of likely N-dealkylation sites (tertiary alicyclic amines) is 1. The highest BCUT2D eigenvalue weighted by atomic mass is 16.4. The van der Waals surface area contributed by atoms with Gasteiger partial charge in [-0.25, -0.2) is 0 Å². The highest BCUT2D eigenvalue weighted by Crippen LogP contribution is 2.30. The van der Waals surface area contributed by atoms with Gasteiger partial charge in [-0.3, -0.25) is 14.5 Å². The quantitative estimate of drug-likeness (QED) is 0.563. The first-order valence-electron chi connectivity index (χ1n) is 3.84. The minimum Gasteiger partial charge on any atom is -0.481 e. The summed E-state index contributed by atoms with van der Waals surface area (Å²) in [5.41, 5.74) is -0.553. The third kappa shape index (κ3) is 1.12. The van der Waals surface area contributed by atoms with Gasteiger partial charge in [-0.05, 0) is 20.9 Å². The van der Waals surface area contributed by atoms with Crippen molar-refractivity contribution >= 4 is 11.8 Å². The van der Waals surface area contributed by atoms with Gasteiger partial charge in [-0.1, -0.05) is 0 Å². The second-order valence-corrected chi connectivity index (χ2v) is 3.75. The Kier molecular flexibility index (Phi) is 1.96. The minimum absolute atomic E-state index is 0.199. The number of aliphatic carboxylic acids is 1. The number of Topliss-reactive ketones (excluding diaryl/α,β-unsaturated/α-hetero) is 1. The fourth-order valence-electron chi connectivity index (χ4n) is 1.58. The molecule has 1 atom stereocenters. The monoisotopic (exact) mass is 171 g/mol. The molecule has 0 amide bonds. The van der Waals surface area contributed by atoms with Crippen molar-refractivity contribution in [3.8, 4) is 0 Å². The molecule has 0 unspecified atom stereocenters. The molecule has 0 bridgehead atoms. The fourth-order valence-corrected chi connectivity index (χ4v) is 1.58. The molecule has 0 aromatic heterocycles. The Morgan fingerprint density at radius 1 is 1.67 bits per heavy atom. The van der Waals surface area contributed by atoms with Gasteiger partial charge in [0.1, 0.15) is 5.92 Å². The van der Waals surface area contributed by atoms with Crippen LogP contribution in [-0.4, -0.2) is 40.9 Å². The summed E-state index contributed by atoms with van der Waals surface area (Å²) in [6, 6.07) is 0. The van der Waals surface area contributed by atoms with Crippen LogP contribution in [0.3, 0.4) is 0 Å². The van der Waals surface area contributed by atoms with Crippen LogP contribution >= 0.6 is 0 Å². The predicted octanol–water partition coefficient (Wildman–Crippen LogP) is -0.0197. The number of nitrogens with zero attached hydrogens (tertiary/aromatic N) is 1. The van der Waals surface area contributed by atoms with Crippen LogP contribution in [0.4, 0.5) is 0 Å². The summed E-state index contributed by atoms with van der Waals surface area (Å²) in [4.78, 5) is 23.7. The lowest BCUT2D eigenvalue weighted by atomic mass is 9.88. The second kappa shape index (κ2) is 2.55. The molecule has 1 fully saturated rings. The van der Waals surface area contributed by atoms with E-state index in [2.05, 4.69) is 0 Å². The maximum absolute atomic E-state index is 11.2.